The van der Waals surface area contributed by atoms with Gasteiger partial charge in [0.25, 0.3) is 5.91 Å². The molecule has 1 aromatic rings. The molecular weight excluding hydrogens is 356 g/mol. The van der Waals surface area contributed by atoms with Crippen LogP contribution in [0, 0.1) is 0 Å². The molecule has 0 aromatic heterocycles. The highest BCUT2D eigenvalue weighted by molar-refractivity contribution is 5.94. The zero-order chi connectivity index (χ0) is 19.8. The van der Waals surface area contributed by atoms with Crippen LogP contribution in [-0.2, 0) is 9.53 Å². The number of likely N-dealkylation sites (tertiary alicyclic amines) is 1. The molecule has 28 heavy (non-hydrogen) atoms. The molecule has 3 rings (SSSR count). The normalized spacial score (nSPS) is 18.8. The van der Waals surface area contributed by atoms with Gasteiger partial charge < -0.3 is 19.7 Å². The minimum atomic E-state index is -0.261. The van der Waals surface area contributed by atoms with E-state index in [9.17, 15) is 9.59 Å². The van der Waals surface area contributed by atoms with Crippen LogP contribution >= 0.6 is 0 Å². The largest absolute Gasteiger partial charge is 0.490 e. The number of amides is 1. The number of piperidine rings is 1. The molecule has 1 amide bonds. The van der Waals surface area contributed by atoms with Crippen LogP contribution < -0.4 is 10.1 Å². The van der Waals surface area contributed by atoms with Gasteiger partial charge in [0.05, 0.1) is 7.11 Å². The molecule has 2 fully saturated rings. The van der Waals surface area contributed by atoms with Crippen molar-refractivity contribution in [3.8, 4) is 5.75 Å². The van der Waals surface area contributed by atoms with Crippen molar-refractivity contribution in [1.82, 2.24) is 10.2 Å². The summed E-state index contributed by atoms with van der Waals surface area (Å²) < 4.78 is 10.8. The summed E-state index contributed by atoms with van der Waals surface area (Å²) in [6.45, 7) is 2.66. The van der Waals surface area contributed by atoms with Gasteiger partial charge in [-0.15, -0.1) is 0 Å². The number of ether oxygens (including phenoxy) is 2. The molecule has 1 aliphatic carbocycles. The van der Waals surface area contributed by atoms with Crippen molar-refractivity contribution in [3.63, 3.8) is 0 Å². The number of carbonyl (C=O) groups is 2. The molecule has 1 saturated carbocycles. The predicted molar refractivity (Wildman–Crippen MR) is 108 cm³/mol. The van der Waals surface area contributed by atoms with E-state index in [1.807, 2.05) is 12.1 Å². The maximum absolute atomic E-state index is 12.3. The summed E-state index contributed by atoms with van der Waals surface area (Å²) in [5, 5.41) is 2.84. The smallest absolute Gasteiger partial charge is 0.305 e. The van der Waals surface area contributed by atoms with Crippen LogP contribution in [0.3, 0.4) is 0 Å². The zero-order valence-corrected chi connectivity index (χ0v) is 16.8. The number of hydrogen-bond donors (Lipinski definition) is 1. The lowest BCUT2D eigenvalue weighted by Crippen LogP contribution is -2.43. The second kappa shape index (κ2) is 10.5. The van der Waals surface area contributed by atoms with E-state index in [1.165, 1.54) is 32.8 Å². The molecular formula is C22H32N2O4. The summed E-state index contributed by atoms with van der Waals surface area (Å²) in [5.74, 6) is 0.344. The maximum atomic E-state index is 12.3. The van der Waals surface area contributed by atoms with Crippen molar-refractivity contribution in [3.05, 3.63) is 29.8 Å². The molecule has 2 aliphatic rings. The minimum Gasteiger partial charge on any atom is -0.490 e. The summed E-state index contributed by atoms with van der Waals surface area (Å²) in [6.07, 6.45) is 8.62. The number of esters is 1. The van der Waals surface area contributed by atoms with Gasteiger partial charge in [-0.05, 0) is 50.3 Å². The van der Waals surface area contributed by atoms with Crippen molar-refractivity contribution >= 4 is 11.9 Å². The first-order chi connectivity index (χ1) is 13.7. The predicted octanol–water partition coefficient (Wildman–Crippen LogP) is 3.16. The van der Waals surface area contributed by atoms with Gasteiger partial charge in [-0.3, -0.25) is 9.59 Å². The van der Waals surface area contributed by atoms with Crippen LogP contribution in [0.1, 0.15) is 61.7 Å². The lowest BCUT2D eigenvalue weighted by atomic mass is 10.0. The Hall–Kier alpha value is -2.08. The fourth-order valence-corrected chi connectivity index (χ4v) is 4.17. The maximum Gasteiger partial charge on any atom is 0.305 e. The third-order valence-electron chi connectivity index (χ3n) is 5.79. The van der Waals surface area contributed by atoms with Gasteiger partial charge in [0.2, 0.25) is 0 Å². The summed E-state index contributed by atoms with van der Waals surface area (Å²) in [5.41, 5.74) is 0.582. The second-order valence-electron chi connectivity index (χ2n) is 7.75. The van der Waals surface area contributed by atoms with Crippen molar-refractivity contribution in [2.75, 3.05) is 26.7 Å². The zero-order valence-electron chi connectivity index (χ0n) is 16.8. The first kappa shape index (κ1) is 20.6. The molecule has 0 atom stereocenters. The molecule has 1 saturated heterocycles. The van der Waals surface area contributed by atoms with Crippen LogP contribution in [0.25, 0.3) is 0 Å². The fraction of sp³-hybridized carbons (Fsp3) is 0.636. The van der Waals surface area contributed by atoms with E-state index in [1.54, 1.807) is 12.1 Å². The molecule has 1 aliphatic heterocycles. The van der Waals surface area contributed by atoms with Crippen LogP contribution in [0.4, 0.5) is 0 Å². The Morgan fingerprint density at radius 3 is 2.61 bits per heavy atom. The highest BCUT2D eigenvalue weighted by atomic mass is 16.5. The SMILES string of the molecule is COC(=O)CCCNC(=O)c1cccc(OC2CCN(C3CCCC3)CC2)c1. The minimum absolute atomic E-state index is 0.147. The monoisotopic (exact) mass is 388 g/mol. The quantitative estimate of drug-likeness (QED) is 0.547. The number of rotatable bonds is 8. The Labute approximate surface area is 167 Å². The van der Waals surface area contributed by atoms with Crippen LogP contribution in [-0.4, -0.2) is 55.7 Å². The molecule has 0 radical (unpaired) electrons. The Bertz CT molecular complexity index is 650. The number of nitrogens with one attached hydrogen (secondary N) is 1. The Kier molecular flexibility index (Phi) is 7.71. The van der Waals surface area contributed by atoms with Gasteiger partial charge >= 0.3 is 5.97 Å². The van der Waals surface area contributed by atoms with Crippen LogP contribution in [0.5, 0.6) is 5.75 Å². The Balaban J connectivity index is 1.43. The van der Waals surface area contributed by atoms with E-state index in [2.05, 4.69) is 15.0 Å². The van der Waals surface area contributed by atoms with E-state index in [-0.39, 0.29) is 18.0 Å². The highest BCUT2D eigenvalue weighted by Gasteiger charge is 2.27. The van der Waals surface area contributed by atoms with E-state index in [0.717, 1.165) is 37.7 Å². The lowest BCUT2D eigenvalue weighted by Gasteiger charge is -2.36. The lowest BCUT2D eigenvalue weighted by molar-refractivity contribution is -0.140. The standard InChI is InChI=1S/C22H32N2O4/c1-27-21(25)10-5-13-23-22(26)17-6-4-9-20(16-17)28-19-11-14-24(15-12-19)18-7-2-3-8-18/h4,6,9,16,18-19H,2-3,5,7-8,10-15H2,1H3,(H,23,26). The van der Waals surface area contributed by atoms with Crippen LogP contribution in [0.2, 0.25) is 0 Å². The first-order valence-electron chi connectivity index (χ1n) is 10.5. The molecule has 0 bridgehead atoms. The molecule has 6 heteroatoms. The van der Waals surface area contributed by atoms with Gasteiger partial charge in [-0.25, -0.2) is 0 Å². The van der Waals surface area contributed by atoms with Gasteiger partial charge in [0.1, 0.15) is 11.9 Å². The number of benzene rings is 1. The first-order valence-corrected chi connectivity index (χ1v) is 10.5. The number of carbonyl (C=O) groups excluding carboxylic acids is 2. The number of methoxy groups -OCH3 is 1. The Morgan fingerprint density at radius 2 is 1.89 bits per heavy atom. The van der Waals surface area contributed by atoms with Crippen molar-refractivity contribution < 1.29 is 19.1 Å². The molecule has 1 heterocycles. The van der Waals surface area contributed by atoms with E-state index >= 15 is 0 Å². The molecule has 0 unspecified atom stereocenters. The topological polar surface area (TPSA) is 67.9 Å². The van der Waals surface area contributed by atoms with E-state index in [4.69, 9.17) is 4.74 Å². The van der Waals surface area contributed by atoms with Crippen molar-refractivity contribution in [2.45, 2.75) is 63.5 Å². The molecule has 1 N–H and O–H groups in total. The Morgan fingerprint density at radius 1 is 1.14 bits per heavy atom. The van der Waals surface area contributed by atoms with Gasteiger partial charge in [0, 0.05) is 37.7 Å². The fourth-order valence-electron chi connectivity index (χ4n) is 4.17. The van der Waals surface area contributed by atoms with Crippen LogP contribution in [0.15, 0.2) is 24.3 Å². The average Bonchev–Trinajstić information content (AvgIpc) is 3.26. The molecule has 0 spiro atoms. The molecule has 154 valence electrons. The number of hydrogen-bond acceptors (Lipinski definition) is 5. The number of nitrogens with zero attached hydrogens (tertiary/aromatic N) is 1. The van der Waals surface area contributed by atoms with Crippen molar-refractivity contribution in [2.24, 2.45) is 0 Å². The van der Waals surface area contributed by atoms with E-state index in [0.29, 0.717) is 24.9 Å². The summed E-state index contributed by atoms with van der Waals surface area (Å²) >= 11 is 0. The van der Waals surface area contributed by atoms with Crippen molar-refractivity contribution in [1.29, 1.82) is 0 Å². The average molecular weight is 389 g/mol. The third kappa shape index (κ3) is 5.96. The van der Waals surface area contributed by atoms with Gasteiger partial charge in [-0.2, -0.15) is 0 Å². The van der Waals surface area contributed by atoms with Gasteiger partial charge in [0.15, 0.2) is 0 Å². The summed E-state index contributed by atoms with van der Waals surface area (Å²) in [4.78, 5) is 26.0. The second-order valence-corrected chi connectivity index (χ2v) is 7.75. The third-order valence-corrected chi connectivity index (χ3v) is 5.79. The molecule has 1 aromatic carbocycles. The van der Waals surface area contributed by atoms with E-state index < -0.39 is 0 Å². The summed E-state index contributed by atoms with van der Waals surface area (Å²) in [6, 6.07) is 8.14. The van der Waals surface area contributed by atoms with Gasteiger partial charge in [-0.1, -0.05) is 18.9 Å². The summed E-state index contributed by atoms with van der Waals surface area (Å²) in [7, 11) is 1.37. The molecule has 6 nitrogen and oxygen atoms in total. The highest BCUT2D eigenvalue weighted by Crippen LogP contribution is 2.27.